The van der Waals surface area contributed by atoms with Gasteiger partial charge in [-0.3, -0.25) is 0 Å². The van der Waals surface area contributed by atoms with Crippen molar-refractivity contribution in [3.8, 4) is 6.07 Å². The van der Waals surface area contributed by atoms with Crippen LogP contribution in [0.15, 0.2) is 30.9 Å². The third-order valence-corrected chi connectivity index (χ3v) is 2.40. The second kappa shape index (κ2) is 8.40. The highest BCUT2D eigenvalue weighted by Gasteiger charge is 2.06. The van der Waals surface area contributed by atoms with Crippen LogP contribution in [0.25, 0.3) is 0 Å². The van der Waals surface area contributed by atoms with Crippen molar-refractivity contribution in [1.82, 2.24) is 5.32 Å². The molecule has 0 aliphatic rings. The maximum absolute atomic E-state index is 13.6. The molecule has 0 atom stereocenters. The van der Waals surface area contributed by atoms with Gasteiger partial charge in [0.1, 0.15) is 11.9 Å². The van der Waals surface area contributed by atoms with Crippen LogP contribution in [0.4, 0.5) is 4.39 Å². The minimum absolute atomic E-state index is 0.0801. The number of nitriles is 1. The topological polar surface area (TPSA) is 45.0 Å². The van der Waals surface area contributed by atoms with Gasteiger partial charge in [0.25, 0.3) is 0 Å². The molecule has 0 bridgehead atoms. The van der Waals surface area contributed by atoms with Crippen molar-refractivity contribution in [3.63, 3.8) is 0 Å². The Kier molecular flexibility index (Phi) is 6.70. The summed E-state index contributed by atoms with van der Waals surface area (Å²) < 4.78 is 19.0. The molecule has 0 fully saturated rings. The highest BCUT2D eigenvalue weighted by Crippen LogP contribution is 2.11. The molecule has 0 aromatic heterocycles. The second-order valence-electron chi connectivity index (χ2n) is 3.76. The number of nitrogens with one attached hydrogen (secondary N) is 1. The van der Waals surface area contributed by atoms with Crippen molar-refractivity contribution in [2.24, 2.45) is 0 Å². The summed E-state index contributed by atoms with van der Waals surface area (Å²) in [4.78, 5) is 0. The van der Waals surface area contributed by atoms with E-state index < -0.39 is 5.82 Å². The van der Waals surface area contributed by atoms with Gasteiger partial charge in [0.05, 0.1) is 18.8 Å². The number of benzene rings is 1. The predicted octanol–water partition coefficient (Wildman–Crippen LogP) is 2.38. The molecule has 0 saturated heterocycles. The first-order valence-corrected chi connectivity index (χ1v) is 5.86. The van der Waals surface area contributed by atoms with Crippen LogP contribution in [0.2, 0.25) is 0 Å². The lowest BCUT2D eigenvalue weighted by Crippen LogP contribution is -2.20. The molecule has 0 unspecified atom stereocenters. The predicted molar refractivity (Wildman–Crippen MR) is 68.5 cm³/mol. The number of nitrogens with zero attached hydrogens (tertiary/aromatic N) is 1. The quantitative estimate of drug-likeness (QED) is 0.567. The summed E-state index contributed by atoms with van der Waals surface area (Å²) in [6.07, 6.45) is 2.63. The fraction of sp³-hybridized carbons (Fsp3) is 0.357. The summed E-state index contributed by atoms with van der Waals surface area (Å²) in [7, 11) is 0. The molecule has 1 N–H and O–H groups in total. The van der Waals surface area contributed by atoms with Crippen molar-refractivity contribution in [3.05, 3.63) is 47.8 Å². The molecule has 18 heavy (non-hydrogen) atoms. The molecule has 4 heteroatoms. The van der Waals surface area contributed by atoms with Gasteiger partial charge in [0, 0.05) is 18.7 Å². The van der Waals surface area contributed by atoms with E-state index in [-0.39, 0.29) is 5.56 Å². The van der Waals surface area contributed by atoms with E-state index >= 15 is 0 Å². The van der Waals surface area contributed by atoms with Crippen molar-refractivity contribution in [2.75, 3.05) is 19.8 Å². The maximum Gasteiger partial charge on any atom is 0.145 e. The van der Waals surface area contributed by atoms with Gasteiger partial charge in [0.2, 0.25) is 0 Å². The summed E-state index contributed by atoms with van der Waals surface area (Å²) in [5.74, 6) is -0.444. The SMILES string of the molecule is C=CCCOCCNCc1cccc(C#N)c1F. The third-order valence-electron chi connectivity index (χ3n) is 2.40. The van der Waals surface area contributed by atoms with E-state index in [9.17, 15) is 4.39 Å². The molecule has 0 radical (unpaired) electrons. The summed E-state index contributed by atoms with van der Waals surface area (Å²) in [6, 6.07) is 6.64. The van der Waals surface area contributed by atoms with Crippen molar-refractivity contribution < 1.29 is 9.13 Å². The molecule has 96 valence electrons. The normalized spacial score (nSPS) is 10.0. The van der Waals surface area contributed by atoms with E-state index in [4.69, 9.17) is 10.00 Å². The zero-order chi connectivity index (χ0) is 13.2. The standard InChI is InChI=1S/C14H17FN2O/c1-2-3-8-18-9-7-17-11-13-6-4-5-12(10-16)14(13)15/h2,4-6,17H,1,3,7-9,11H2. The molecule has 0 saturated carbocycles. The molecule has 0 amide bonds. The lowest BCUT2D eigenvalue weighted by atomic mass is 10.1. The third kappa shape index (κ3) is 4.66. The van der Waals surface area contributed by atoms with Crippen molar-refractivity contribution in [1.29, 1.82) is 5.26 Å². The van der Waals surface area contributed by atoms with E-state index in [1.165, 1.54) is 6.07 Å². The monoisotopic (exact) mass is 248 g/mol. The molecule has 3 nitrogen and oxygen atoms in total. The van der Waals surface area contributed by atoms with Gasteiger partial charge in [-0.25, -0.2) is 4.39 Å². The average Bonchev–Trinajstić information content (AvgIpc) is 2.39. The molecule has 1 rings (SSSR count). The Bertz CT molecular complexity index is 426. The molecule has 1 aromatic rings. The van der Waals surface area contributed by atoms with Crippen LogP contribution in [0, 0.1) is 17.1 Å². The molecule has 1 aromatic carbocycles. The van der Waals surface area contributed by atoms with E-state index in [0.717, 1.165) is 6.42 Å². The summed E-state index contributed by atoms with van der Waals surface area (Å²) >= 11 is 0. The van der Waals surface area contributed by atoms with Gasteiger partial charge in [-0.15, -0.1) is 6.58 Å². The minimum Gasteiger partial charge on any atom is -0.380 e. The smallest absolute Gasteiger partial charge is 0.145 e. The number of halogens is 1. The Hall–Kier alpha value is -1.70. The number of rotatable bonds is 8. The Morgan fingerprint density at radius 2 is 2.28 bits per heavy atom. The highest BCUT2D eigenvalue weighted by atomic mass is 19.1. The van der Waals surface area contributed by atoms with Crippen LogP contribution in [0.1, 0.15) is 17.5 Å². The molecule has 0 spiro atoms. The number of hydrogen-bond donors (Lipinski definition) is 1. The Balaban J connectivity index is 2.27. The molecule has 0 aliphatic carbocycles. The Labute approximate surface area is 107 Å². The van der Waals surface area contributed by atoms with E-state index in [2.05, 4.69) is 11.9 Å². The Morgan fingerprint density at radius 1 is 1.44 bits per heavy atom. The minimum atomic E-state index is -0.444. The van der Waals surface area contributed by atoms with Crippen LogP contribution < -0.4 is 5.32 Å². The Morgan fingerprint density at radius 3 is 3.00 bits per heavy atom. The maximum atomic E-state index is 13.6. The first-order chi connectivity index (χ1) is 8.79. The number of hydrogen-bond acceptors (Lipinski definition) is 3. The molecule has 0 heterocycles. The largest absolute Gasteiger partial charge is 0.380 e. The van der Waals surface area contributed by atoms with Gasteiger partial charge in [-0.2, -0.15) is 5.26 Å². The van der Waals surface area contributed by atoms with Gasteiger partial charge in [0.15, 0.2) is 0 Å². The van der Waals surface area contributed by atoms with Crippen LogP contribution in [-0.2, 0) is 11.3 Å². The fourth-order valence-electron chi connectivity index (χ4n) is 1.44. The van der Waals surface area contributed by atoms with Crippen molar-refractivity contribution in [2.45, 2.75) is 13.0 Å². The van der Waals surface area contributed by atoms with E-state index in [1.807, 2.05) is 6.07 Å². The van der Waals surface area contributed by atoms with E-state index in [1.54, 1.807) is 18.2 Å². The molecular formula is C14H17FN2O. The average molecular weight is 248 g/mol. The summed E-state index contributed by atoms with van der Waals surface area (Å²) in [5.41, 5.74) is 0.580. The lowest BCUT2D eigenvalue weighted by Gasteiger charge is -2.07. The first kappa shape index (κ1) is 14.4. The zero-order valence-corrected chi connectivity index (χ0v) is 10.3. The van der Waals surface area contributed by atoms with Gasteiger partial charge in [-0.1, -0.05) is 18.2 Å². The van der Waals surface area contributed by atoms with E-state index in [0.29, 0.717) is 31.9 Å². The summed E-state index contributed by atoms with van der Waals surface area (Å²) in [6.45, 7) is 5.87. The van der Waals surface area contributed by atoms with Crippen LogP contribution in [0.3, 0.4) is 0 Å². The van der Waals surface area contributed by atoms with Crippen LogP contribution in [-0.4, -0.2) is 19.8 Å². The highest BCUT2D eigenvalue weighted by molar-refractivity contribution is 5.34. The summed E-state index contributed by atoms with van der Waals surface area (Å²) in [5, 5.41) is 11.8. The lowest BCUT2D eigenvalue weighted by molar-refractivity contribution is 0.140. The van der Waals surface area contributed by atoms with Crippen molar-refractivity contribution >= 4 is 0 Å². The van der Waals surface area contributed by atoms with Gasteiger partial charge >= 0.3 is 0 Å². The van der Waals surface area contributed by atoms with Crippen LogP contribution in [0.5, 0.6) is 0 Å². The molecular weight excluding hydrogens is 231 g/mol. The van der Waals surface area contributed by atoms with Gasteiger partial charge in [-0.05, 0) is 12.5 Å². The fourth-order valence-corrected chi connectivity index (χ4v) is 1.44. The second-order valence-corrected chi connectivity index (χ2v) is 3.76. The molecule has 0 aliphatic heterocycles. The van der Waals surface area contributed by atoms with Gasteiger partial charge < -0.3 is 10.1 Å². The van der Waals surface area contributed by atoms with Crippen LogP contribution >= 0.6 is 0 Å². The first-order valence-electron chi connectivity index (χ1n) is 5.86. The zero-order valence-electron chi connectivity index (χ0n) is 10.3. The number of ether oxygens (including phenoxy) is 1.